The molecule has 6 rings (SSSR count). The lowest BCUT2D eigenvalue weighted by Gasteiger charge is -2.25. The van der Waals surface area contributed by atoms with Crippen molar-refractivity contribution in [1.82, 2.24) is 9.97 Å². The molecule has 0 bridgehead atoms. The molecule has 0 saturated carbocycles. The molecule has 0 radical (unpaired) electrons. The molecule has 4 aromatic carbocycles. The summed E-state index contributed by atoms with van der Waals surface area (Å²) < 4.78 is 69.3. The molecule has 336 valence electrons. The molecule has 14 heteroatoms. The van der Waals surface area contributed by atoms with Gasteiger partial charge in [-0.25, -0.2) is 27.5 Å². The van der Waals surface area contributed by atoms with E-state index in [1.54, 1.807) is 38.1 Å². The average molecular weight is 907 g/mol. The number of thiazole rings is 2. The number of hydrogen-bond donors (Lipinski definition) is 4. The molecule has 63 heavy (non-hydrogen) atoms. The summed E-state index contributed by atoms with van der Waals surface area (Å²) in [5, 5.41) is 42.4. The van der Waals surface area contributed by atoms with Crippen LogP contribution in [0.15, 0.2) is 72.8 Å². The lowest BCUT2D eigenvalue weighted by molar-refractivity contribution is 0.0406. The van der Waals surface area contributed by atoms with Crippen LogP contribution in [-0.2, 0) is 12.8 Å². The molecule has 0 saturated heterocycles. The van der Waals surface area contributed by atoms with Crippen LogP contribution < -0.4 is 9.47 Å². The van der Waals surface area contributed by atoms with Crippen LogP contribution in [0.1, 0.15) is 114 Å². The number of nitrogens with zero attached hydrogens (tertiary/aromatic N) is 2. The number of aliphatic hydroxyl groups is 4. The van der Waals surface area contributed by atoms with Gasteiger partial charge in [-0.15, -0.1) is 22.7 Å². The highest BCUT2D eigenvalue weighted by Crippen LogP contribution is 2.41. The predicted molar refractivity (Wildman–Crippen MR) is 240 cm³/mol. The van der Waals surface area contributed by atoms with Gasteiger partial charge in [-0.05, 0) is 131 Å². The third-order valence-electron chi connectivity index (χ3n) is 10.9. The van der Waals surface area contributed by atoms with E-state index in [1.165, 1.54) is 46.9 Å². The van der Waals surface area contributed by atoms with Crippen molar-refractivity contribution in [1.29, 1.82) is 0 Å². The van der Waals surface area contributed by atoms with Gasteiger partial charge in [0.05, 0.1) is 36.8 Å². The Balaban J connectivity index is 1.26. The number of rotatable bonds is 20. The van der Waals surface area contributed by atoms with Crippen LogP contribution in [0, 0.1) is 37.1 Å². The van der Waals surface area contributed by atoms with Crippen molar-refractivity contribution < 1.29 is 47.5 Å². The van der Waals surface area contributed by atoms with Crippen molar-refractivity contribution in [3.8, 4) is 32.6 Å². The molecule has 8 nitrogen and oxygen atoms in total. The zero-order chi connectivity index (χ0) is 45.6. The Hall–Kier alpha value is -4.70. The Bertz CT molecular complexity index is 2470. The molecule has 0 amide bonds. The molecule has 0 aliphatic rings. The normalized spacial score (nSPS) is 13.8. The lowest BCUT2D eigenvalue weighted by atomic mass is 9.90. The lowest BCUT2D eigenvalue weighted by Crippen LogP contribution is -2.32. The predicted octanol–water partition coefficient (Wildman–Crippen LogP) is 11.3. The van der Waals surface area contributed by atoms with E-state index in [4.69, 9.17) is 24.5 Å². The monoisotopic (exact) mass is 906 g/mol. The van der Waals surface area contributed by atoms with E-state index in [0.29, 0.717) is 75.9 Å². The Morgan fingerprint density at radius 3 is 1.46 bits per heavy atom. The standard InChI is InChI=1S/C49H54F4N2O6S2/c1-27-18-31(7-11-41(27)60-16-15-56)39(58)9-13-43-45(54-47(62-43)33-20-35(50)24-36(51)21-33)29(3)17-30(4)46-44(63-48(55-46)34-22-37(52)25-38(53)23-34)14-10-40(59)32-8-12-42(28(2)19-32)61-49(5,6)26-57/h7-8,11-12,18-25,29-30,39-40,56-59H,9-10,13-17,26H2,1-6H3. The summed E-state index contributed by atoms with van der Waals surface area (Å²) in [6, 6.07) is 17.4. The van der Waals surface area contributed by atoms with E-state index >= 15 is 0 Å². The molecule has 4 atom stereocenters. The summed E-state index contributed by atoms with van der Waals surface area (Å²) in [6.07, 6.45) is 0.375. The van der Waals surface area contributed by atoms with E-state index in [-0.39, 0.29) is 31.7 Å². The molecule has 6 aromatic rings. The van der Waals surface area contributed by atoms with E-state index in [0.717, 1.165) is 44.4 Å². The van der Waals surface area contributed by atoms with Crippen LogP contribution >= 0.6 is 22.7 Å². The minimum absolute atomic E-state index is 0.117. The summed E-state index contributed by atoms with van der Waals surface area (Å²) in [6.45, 7) is 11.2. The SMILES string of the molecule is Cc1cc(C(O)CCc2sc(-c3cc(F)cc(F)c3)nc2C(C)CC(C)c2nc(-c3cc(F)cc(F)c3)sc2CCC(O)c2ccc(OC(C)(C)CO)c(C)c2)ccc1OCCO. The number of hydrogen-bond acceptors (Lipinski definition) is 10. The minimum atomic E-state index is -0.844. The maximum Gasteiger partial charge on any atom is 0.126 e. The number of benzene rings is 4. The second kappa shape index (κ2) is 20.9. The third-order valence-corrected chi connectivity index (χ3v) is 13.2. The first-order valence-electron chi connectivity index (χ1n) is 21.0. The molecule has 4 unspecified atom stereocenters. The second-order valence-electron chi connectivity index (χ2n) is 16.8. The van der Waals surface area contributed by atoms with Crippen molar-refractivity contribution in [3.63, 3.8) is 0 Å². The Kier molecular flexibility index (Phi) is 15.8. The van der Waals surface area contributed by atoms with Gasteiger partial charge in [0, 0.05) is 44.8 Å². The van der Waals surface area contributed by atoms with Crippen LogP contribution in [-0.4, -0.2) is 55.8 Å². The van der Waals surface area contributed by atoms with Gasteiger partial charge in [-0.3, -0.25) is 0 Å². The highest BCUT2D eigenvalue weighted by Gasteiger charge is 2.27. The molecular formula is C49H54F4N2O6S2. The first kappa shape index (κ1) is 47.8. The Morgan fingerprint density at radius 2 is 1.06 bits per heavy atom. The summed E-state index contributed by atoms with van der Waals surface area (Å²) in [5.74, 6) is -2.07. The van der Waals surface area contributed by atoms with Crippen molar-refractivity contribution in [2.24, 2.45) is 0 Å². The first-order chi connectivity index (χ1) is 29.9. The molecule has 0 spiro atoms. The van der Waals surface area contributed by atoms with Crippen LogP contribution in [0.4, 0.5) is 17.6 Å². The van der Waals surface area contributed by atoms with Crippen molar-refractivity contribution in [2.75, 3.05) is 19.8 Å². The summed E-state index contributed by atoms with van der Waals surface area (Å²) in [5.41, 5.74) is 4.30. The summed E-state index contributed by atoms with van der Waals surface area (Å²) in [4.78, 5) is 11.6. The highest BCUT2D eigenvalue weighted by molar-refractivity contribution is 7.15. The number of aliphatic hydroxyl groups excluding tert-OH is 4. The first-order valence-corrected chi connectivity index (χ1v) is 22.6. The number of aromatic nitrogens is 2. The third kappa shape index (κ3) is 12.3. The van der Waals surface area contributed by atoms with Gasteiger partial charge in [-0.2, -0.15) is 0 Å². The minimum Gasteiger partial charge on any atom is -0.491 e. The van der Waals surface area contributed by atoms with Crippen LogP contribution in [0.3, 0.4) is 0 Å². The second-order valence-corrected chi connectivity index (χ2v) is 18.9. The largest absolute Gasteiger partial charge is 0.491 e. The maximum atomic E-state index is 14.4. The van der Waals surface area contributed by atoms with Crippen LogP contribution in [0.5, 0.6) is 11.5 Å². The Labute approximate surface area is 373 Å². The molecule has 0 fully saturated rings. The van der Waals surface area contributed by atoms with E-state index < -0.39 is 41.1 Å². The van der Waals surface area contributed by atoms with Gasteiger partial charge < -0.3 is 29.9 Å². The fraction of sp³-hybridized carbons (Fsp3) is 0.388. The molecule has 0 aliphatic heterocycles. The molecule has 0 aliphatic carbocycles. The van der Waals surface area contributed by atoms with Crippen LogP contribution in [0.25, 0.3) is 21.1 Å². The number of ether oxygens (including phenoxy) is 2. The van der Waals surface area contributed by atoms with Crippen molar-refractivity contribution >= 4 is 22.7 Å². The molecule has 2 heterocycles. The fourth-order valence-corrected chi connectivity index (χ4v) is 9.97. The zero-order valence-corrected chi connectivity index (χ0v) is 37.9. The van der Waals surface area contributed by atoms with Crippen molar-refractivity contribution in [3.05, 3.63) is 139 Å². The van der Waals surface area contributed by atoms with Gasteiger partial charge >= 0.3 is 0 Å². The zero-order valence-electron chi connectivity index (χ0n) is 36.2. The van der Waals surface area contributed by atoms with Gasteiger partial charge in [-0.1, -0.05) is 26.0 Å². The molecule has 2 aromatic heterocycles. The van der Waals surface area contributed by atoms with E-state index in [2.05, 4.69) is 0 Å². The quantitative estimate of drug-likeness (QED) is 0.0558. The van der Waals surface area contributed by atoms with Gasteiger partial charge in [0.15, 0.2) is 0 Å². The van der Waals surface area contributed by atoms with E-state index in [1.807, 2.05) is 39.8 Å². The number of halogens is 4. The Morgan fingerprint density at radius 1 is 0.635 bits per heavy atom. The summed E-state index contributed by atoms with van der Waals surface area (Å²) in [7, 11) is 0. The van der Waals surface area contributed by atoms with E-state index in [9.17, 15) is 32.9 Å². The average Bonchev–Trinajstić information content (AvgIpc) is 3.87. The topological polar surface area (TPSA) is 125 Å². The highest BCUT2D eigenvalue weighted by atomic mass is 32.1. The van der Waals surface area contributed by atoms with Gasteiger partial charge in [0.2, 0.25) is 0 Å². The van der Waals surface area contributed by atoms with Gasteiger partial charge in [0.1, 0.15) is 57.0 Å². The van der Waals surface area contributed by atoms with Crippen molar-refractivity contribution in [2.45, 2.75) is 103 Å². The van der Waals surface area contributed by atoms with Gasteiger partial charge in [0.25, 0.3) is 0 Å². The smallest absolute Gasteiger partial charge is 0.126 e. The fourth-order valence-electron chi connectivity index (χ4n) is 7.60. The maximum absolute atomic E-state index is 14.4. The summed E-state index contributed by atoms with van der Waals surface area (Å²) >= 11 is 2.65. The molecule has 4 N–H and O–H groups in total. The number of aryl methyl sites for hydroxylation is 4. The molecular weight excluding hydrogens is 853 g/mol. The van der Waals surface area contributed by atoms with Crippen LogP contribution in [0.2, 0.25) is 0 Å².